The van der Waals surface area contributed by atoms with Crippen LogP contribution in [0.3, 0.4) is 0 Å². The highest BCUT2D eigenvalue weighted by Crippen LogP contribution is 2.41. The maximum absolute atomic E-state index is 12.5. The molecule has 0 spiro atoms. The largest absolute Gasteiger partial charge is 0.490 e. The zero-order valence-corrected chi connectivity index (χ0v) is 10.5. The Hall–Kier alpha value is -1.04. The van der Waals surface area contributed by atoms with E-state index in [9.17, 15) is 13.2 Å². The summed E-state index contributed by atoms with van der Waals surface area (Å²) in [7, 11) is 0. The highest BCUT2D eigenvalue weighted by atomic mass is 79.9. The number of hydrogen-bond acceptors (Lipinski definition) is 2. The molecule has 0 fully saturated rings. The average molecular weight is 308 g/mol. The molecule has 0 saturated heterocycles. The van der Waals surface area contributed by atoms with Gasteiger partial charge < -0.3 is 4.74 Å². The number of halogens is 4. The first-order valence-electron chi connectivity index (χ1n) is 4.90. The van der Waals surface area contributed by atoms with Crippen molar-refractivity contribution in [2.45, 2.75) is 19.0 Å². The Bertz CT molecular complexity index is 484. The molecule has 0 aliphatic carbocycles. The number of hydrogen-bond donors (Lipinski definition) is 0. The minimum atomic E-state index is -4.47. The number of aromatic nitrogens is 1. The van der Waals surface area contributed by atoms with Gasteiger partial charge in [0.25, 0.3) is 0 Å². The quantitative estimate of drug-likeness (QED) is 0.734. The molecule has 1 aromatic rings. The van der Waals surface area contributed by atoms with E-state index in [1.807, 2.05) is 6.92 Å². The lowest BCUT2D eigenvalue weighted by Gasteiger charge is -2.11. The van der Waals surface area contributed by atoms with Gasteiger partial charge in [0.05, 0.1) is 17.9 Å². The van der Waals surface area contributed by atoms with Crippen LogP contribution in [-0.4, -0.2) is 17.8 Å². The maximum atomic E-state index is 12.5. The third-order valence-corrected chi connectivity index (χ3v) is 3.16. The summed E-state index contributed by atoms with van der Waals surface area (Å²) in [5.41, 5.74) is -0.382. The summed E-state index contributed by atoms with van der Waals surface area (Å²) in [6.45, 7) is 5.38. The summed E-state index contributed by atoms with van der Waals surface area (Å²) >= 11 is 3.12. The van der Waals surface area contributed by atoms with Gasteiger partial charge in [0.1, 0.15) is 4.60 Å². The number of fused-ring (bicyclic) bond motifs is 1. The van der Waals surface area contributed by atoms with E-state index in [2.05, 4.69) is 27.5 Å². The van der Waals surface area contributed by atoms with E-state index in [1.54, 1.807) is 0 Å². The highest BCUT2D eigenvalue weighted by molar-refractivity contribution is 9.10. The van der Waals surface area contributed by atoms with Crippen LogP contribution in [0.5, 0.6) is 5.75 Å². The Kier molecular flexibility index (Phi) is 2.93. The van der Waals surface area contributed by atoms with Gasteiger partial charge in [-0.25, -0.2) is 4.98 Å². The lowest BCUT2D eigenvalue weighted by molar-refractivity contribution is -0.0689. The van der Waals surface area contributed by atoms with Gasteiger partial charge in [-0.05, 0) is 22.0 Å². The first-order valence-corrected chi connectivity index (χ1v) is 5.69. The van der Waals surface area contributed by atoms with Crippen molar-refractivity contribution in [3.05, 3.63) is 28.5 Å². The number of rotatable bonds is 1. The van der Waals surface area contributed by atoms with Crippen molar-refractivity contribution in [1.29, 1.82) is 0 Å². The summed E-state index contributed by atoms with van der Waals surface area (Å²) in [5.74, 6) is 0.584. The normalized spacial score (nSPS) is 18.8. The molecular weight excluding hydrogens is 299 g/mol. The second-order valence-corrected chi connectivity index (χ2v) is 4.66. The molecule has 0 saturated carbocycles. The molecule has 1 aromatic heterocycles. The molecule has 0 amide bonds. The monoisotopic (exact) mass is 307 g/mol. The molecule has 1 atom stereocenters. The van der Waals surface area contributed by atoms with Crippen molar-refractivity contribution >= 4 is 21.5 Å². The van der Waals surface area contributed by atoms with Crippen LogP contribution >= 0.6 is 15.9 Å². The molecule has 6 heteroatoms. The topological polar surface area (TPSA) is 22.1 Å². The number of pyridine rings is 1. The summed E-state index contributed by atoms with van der Waals surface area (Å²) < 4.78 is 43.2. The molecule has 0 bridgehead atoms. The van der Waals surface area contributed by atoms with Gasteiger partial charge in [-0.3, -0.25) is 0 Å². The van der Waals surface area contributed by atoms with E-state index in [4.69, 9.17) is 4.74 Å². The van der Waals surface area contributed by atoms with Gasteiger partial charge in [0.2, 0.25) is 0 Å². The van der Waals surface area contributed by atoms with Crippen molar-refractivity contribution in [3.63, 3.8) is 0 Å². The Morgan fingerprint density at radius 3 is 2.82 bits per heavy atom. The lowest BCUT2D eigenvalue weighted by atomic mass is 10.0. The van der Waals surface area contributed by atoms with Crippen molar-refractivity contribution in [3.8, 4) is 5.75 Å². The van der Waals surface area contributed by atoms with Crippen molar-refractivity contribution in [2.24, 2.45) is 0 Å². The molecule has 1 aliphatic heterocycles. The molecule has 92 valence electrons. The number of allylic oxidation sites excluding steroid dienone is 1. The van der Waals surface area contributed by atoms with Crippen LogP contribution in [0, 0.1) is 0 Å². The summed E-state index contributed by atoms with van der Waals surface area (Å²) in [5, 5.41) is 0. The number of ether oxygens (including phenoxy) is 1. The van der Waals surface area contributed by atoms with Gasteiger partial charge in [-0.15, -0.1) is 0 Å². The SMILES string of the molecule is C=C(c1cc2c(c(Br)n1)OC[C@H]2C)C(F)(F)F. The highest BCUT2D eigenvalue weighted by Gasteiger charge is 2.35. The van der Waals surface area contributed by atoms with Crippen LogP contribution in [0.1, 0.15) is 24.1 Å². The predicted molar refractivity (Wildman–Crippen MR) is 60.9 cm³/mol. The van der Waals surface area contributed by atoms with Crippen molar-refractivity contribution in [2.75, 3.05) is 6.61 Å². The van der Waals surface area contributed by atoms with Gasteiger partial charge >= 0.3 is 6.18 Å². The average Bonchev–Trinajstić information content (AvgIpc) is 2.59. The summed E-state index contributed by atoms with van der Waals surface area (Å²) in [6, 6.07) is 1.40. The fourth-order valence-electron chi connectivity index (χ4n) is 1.63. The van der Waals surface area contributed by atoms with Crippen LogP contribution in [0.2, 0.25) is 0 Å². The second kappa shape index (κ2) is 4.01. The third-order valence-electron chi connectivity index (χ3n) is 2.62. The van der Waals surface area contributed by atoms with Crippen LogP contribution in [-0.2, 0) is 0 Å². The first kappa shape index (κ1) is 12.4. The molecule has 0 unspecified atom stereocenters. The Morgan fingerprint density at radius 2 is 2.24 bits per heavy atom. The van der Waals surface area contributed by atoms with Crippen LogP contribution in [0.25, 0.3) is 5.57 Å². The van der Waals surface area contributed by atoms with Gasteiger partial charge in [0, 0.05) is 11.5 Å². The molecule has 0 N–H and O–H groups in total. The van der Waals surface area contributed by atoms with E-state index in [-0.39, 0.29) is 11.6 Å². The minimum absolute atomic E-state index is 0.0593. The number of alkyl halides is 3. The van der Waals surface area contributed by atoms with E-state index in [1.165, 1.54) is 6.07 Å². The van der Waals surface area contributed by atoms with Gasteiger partial charge in [-0.1, -0.05) is 13.5 Å². The van der Waals surface area contributed by atoms with E-state index >= 15 is 0 Å². The zero-order chi connectivity index (χ0) is 12.8. The van der Waals surface area contributed by atoms with Gasteiger partial charge in [0.15, 0.2) is 5.75 Å². The molecule has 2 rings (SSSR count). The first-order chi connectivity index (χ1) is 7.80. The Morgan fingerprint density at radius 1 is 1.59 bits per heavy atom. The third kappa shape index (κ3) is 2.18. The molecule has 2 heterocycles. The number of nitrogens with zero attached hydrogens (tertiary/aromatic N) is 1. The summed E-state index contributed by atoms with van der Waals surface area (Å²) in [6.07, 6.45) is -4.47. The molecule has 0 radical (unpaired) electrons. The maximum Gasteiger partial charge on any atom is 0.417 e. The smallest absolute Gasteiger partial charge is 0.417 e. The molecule has 1 aliphatic rings. The van der Waals surface area contributed by atoms with Crippen molar-refractivity contribution in [1.82, 2.24) is 4.98 Å². The molecular formula is C11H9BrF3NO. The van der Waals surface area contributed by atoms with Crippen LogP contribution < -0.4 is 4.74 Å². The van der Waals surface area contributed by atoms with E-state index in [0.717, 1.165) is 5.56 Å². The van der Waals surface area contributed by atoms with Crippen LogP contribution in [0.4, 0.5) is 13.2 Å². The van der Waals surface area contributed by atoms with Crippen LogP contribution in [0.15, 0.2) is 17.2 Å². The zero-order valence-electron chi connectivity index (χ0n) is 8.94. The van der Waals surface area contributed by atoms with Gasteiger partial charge in [-0.2, -0.15) is 13.2 Å². The molecule has 2 nitrogen and oxygen atoms in total. The fourth-order valence-corrected chi connectivity index (χ4v) is 2.16. The van der Waals surface area contributed by atoms with E-state index < -0.39 is 11.7 Å². The van der Waals surface area contributed by atoms with Crippen molar-refractivity contribution < 1.29 is 17.9 Å². The second-order valence-electron chi connectivity index (χ2n) is 3.91. The summed E-state index contributed by atoms with van der Waals surface area (Å²) in [4.78, 5) is 3.82. The van der Waals surface area contributed by atoms with E-state index in [0.29, 0.717) is 17.0 Å². The standard InChI is InChI=1S/C11H9BrF3NO/c1-5-4-17-9-7(5)3-8(16-10(9)12)6(2)11(13,14)15/h3,5H,2,4H2,1H3/t5-/m1/s1. The minimum Gasteiger partial charge on any atom is -0.490 e. The Balaban J connectivity index is 2.49. The predicted octanol–water partition coefficient (Wildman–Crippen LogP) is 3.92. The molecule has 17 heavy (non-hydrogen) atoms. The fraction of sp³-hybridized carbons (Fsp3) is 0.364. The Labute approximate surface area is 105 Å². The lowest BCUT2D eigenvalue weighted by Crippen LogP contribution is -2.11. The molecule has 0 aromatic carbocycles.